The summed E-state index contributed by atoms with van der Waals surface area (Å²) in [6, 6.07) is 6.77. The third-order valence-corrected chi connectivity index (χ3v) is 5.96. The maximum Gasteiger partial charge on any atom is 0.240 e. The summed E-state index contributed by atoms with van der Waals surface area (Å²) in [5.41, 5.74) is 1.05. The van der Waals surface area contributed by atoms with E-state index in [4.69, 9.17) is 4.74 Å². The van der Waals surface area contributed by atoms with Crippen LogP contribution in [0.25, 0.3) is 0 Å². The Morgan fingerprint density at radius 1 is 0.960 bits per heavy atom. The lowest BCUT2D eigenvalue weighted by atomic mass is 10.1. The second-order valence-corrected chi connectivity index (χ2v) is 8.56. The molecule has 144 valence electrons. The van der Waals surface area contributed by atoms with E-state index in [2.05, 4.69) is 11.6 Å². The average molecular weight is 370 g/mol. The molecule has 0 aliphatic carbocycles. The second kappa shape index (κ2) is 12.4. The van der Waals surface area contributed by atoms with Crippen LogP contribution in [-0.2, 0) is 14.8 Å². The van der Waals surface area contributed by atoms with Gasteiger partial charge >= 0.3 is 0 Å². The molecule has 0 fully saturated rings. The molecule has 1 rings (SSSR count). The smallest absolute Gasteiger partial charge is 0.240 e. The minimum atomic E-state index is -3.49. The summed E-state index contributed by atoms with van der Waals surface area (Å²) in [7, 11) is -1.87. The van der Waals surface area contributed by atoms with Crippen LogP contribution in [-0.4, -0.2) is 28.2 Å². The maximum atomic E-state index is 12.5. The molecule has 0 saturated carbocycles. The summed E-state index contributed by atoms with van der Waals surface area (Å²) < 4.78 is 33.0. The van der Waals surface area contributed by atoms with E-state index in [-0.39, 0.29) is 6.04 Å². The van der Waals surface area contributed by atoms with Crippen molar-refractivity contribution in [1.82, 2.24) is 4.72 Å². The highest BCUT2D eigenvalue weighted by molar-refractivity contribution is 7.89. The highest BCUT2D eigenvalue weighted by Crippen LogP contribution is 2.14. The van der Waals surface area contributed by atoms with E-state index >= 15 is 0 Å². The van der Waals surface area contributed by atoms with Crippen LogP contribution in [0, 0.1) is 6.92 Å². The fourth-order valence-electron chi connectivity index (χ4n) is 2.91. The summed E-state index contributed by atoms with van der Waals surface area (Å²) in [6.45, 7) is 4.58. The minimum absolute atomic E-state index is 0.170. The van der Waals surface area contributed by atoms with Gasteiger partial charge in [-0.05, 0) is 25.5 Å². The fraction of sp³-hybridized carbons (Fsp3) is 0.700. The predicted octanol–water partition coefficient (Wildman–Crippen LogP) is 4.82. The molecular formula is C20H35NO3S. The molecule has 0 radical (unpaired) electrons. The number of rotatable bonds is 14. The van der Waals surface area contributed by atoms with Gasteiger partial charge in [-0.1, -0.05) is 76.0 Å². The summed E-state index contributed by atoms with van der Waals surface area (Å²) in [5.74, 6) is 0. The van der Waals surface area contributed by atoms with Crippen LogP contribution in [0.5, 0.6) is 0 Å². The first kappa shape index (κ1) is 22.1. The van der Waals surface area contributed by atoms with Crippen molar-refractivity contribution in [3.8, 4) is 0 Å². The number of benzene rings is 1. The Morgan fingerprint density at radius 2 is 1.52 bits per heavy atom. The second-order valence-electron chi connectivity index (χ2n) is 6.85. The van der Waals surface area contributed by atoms with Crippen LogP contribution in [0.15, 0.2) is 29.2 Å². The Kier molecular flexibility index (Phi) is 11.0. The molecule has 1 aromatic carbocycles. The van der Waals surface area contributed by atoms with Crippen molar-refractivity contribution < 1.29 is 13.2 Å². The Labute approximate surface area is 154 Å². The van der Waals surface area contributed by atoms with Gasteiger partial charge in [0.2, 0.25) is 10.0 Å². The zero-order valence-electron chi connectivity index (χ0n) is 16.1. The van der Waals surface area contributed by atoms with Crippen molar-refractivity contribution in [2.24, 2.45) is 0 Å². The van der Waals surface area contributed by atoms with E-state index in [0.29, 0.717) is 11.5 Å². The molecule has 0 unspecified atom stereocenters. The van der Waals surface area contributed by atoms with Gasteiger partial charge in [-0.3, -0.25) is 0 Å². The molecule has 4 nitrogen and oxygen atoms in total. The summed E-state index contributed by atoms with van der Waals surface area (Å²) in [6.07, 6.45) is 10.8. The topological polar surface area (TPSA) is 55.4 Å². The third kappa shape index (κ3) is 9.38. The zero-order valence-corrected chi connectivity index (χ0v) is 16.9. The molecule has 0 heterocycles. The number of nitrogens with one attached hydrogen (secondary N) is 1. The molecule has 0 spiro atoms. The molecular weight excluding hydrogens is 334 g/mol. The van der Waals surface area contributed by atoms with Crippen molar-refractivity contribution in [3.63, 3.8) is 0 Å². The van der Waals surface area contributed by atoms with Crippen LogP contribution in [0.1, 0.15) is 70.3 Å². The van der Waals surface area contributed by atoms with Crippen molar-refractivity contribution in [2.75, 3.05) is 13.7 Å². The normalized spacial score (nSPS) is 13.1. The molecule has 0 aliphatic rings. The first-order valence-electron chi connectivity index (χ1n) is 9.57. The lowest BCUT2D eigenvalue weighted by Gasteiger charge is -2.18. The van der Waals surface area contributed by atoms with Crippen molar-refractivity contribution >= 4 is 10.0 Å². The maximum absolute atomic E-state index is 12.5. The molecule has 0 aromatic heterocycles. The van der Waals surface area contributed by atoms with Gasteiger partial charge in [-0.2, -0.15) is 0 Å². The average Bonchev–Trinajstić information content (AvgIpc) is 2.57. The van der Waals surface area contributed by atoms with Crippen LogP contribution in [0.4, 0.5) is 0 Å². The Bertz CT molecular complexity index is 555. The minimum Gasteiger partial charge on any atom is -0.383 e. The van der Waals surface area contributed by atoms with E-state index in [1.807, 2.05) is 19.1 Å². The third-order valence-electron chi connectivity index (χ3n) is 4.43. The molecule has 25 heavy (non-hydrogen) atoms. The van der Waals surface area contributed by atoms with Crippen LogP contribution >= 0.6 is 0 Å². The fourth-order valence-corrected chi connectivity index (χ4v) is 4.16. The standard InChI is InChI=1S/C20H35NO3S/c1-4-5-6-7-8-9-10-11-12-19(17-24-3)21-25(22,23)20-15-13-18(2)14-16-20/h13-16,19,21H,4-12,17H2,1-3H3/t19-/m0/s1. The first-order chi connectivity index (χ1) is 12.0. The Morgan fingerprint density at radius 3 is 2.08 bits per heavy atom. The lowest BCUT2D eigenvalue weighted by molar-refractivity contribution is 0.170. The van der Waals surface area contributed by atoms with Gasteiger partial charge in [-0.15, -0.1) is 0 Å². The van der Waals surface area contributed by atoms with E-state index in [0.717, 1.165) is 24.8 Å². The molecule has 0 bridgehead atoms. The number of hydrogen-bond acceptors (Lipinski definition) is 3. The molecule has 1 aromatic rings. The van der Waals surface area contributed by atoms with Crippen LogP contribution in [0.3, 0.4) is 0 Å². The number of unbranched alkanes of at least 4 members (excludes halogenated alkanes) is 7. The molecule has 0 aliphatic heterocycles. The van der Waals surface area contributed by atoms with E-state index in [9.17, 15) is 8.42 Å². The summed E-state index contributed by atoms with van der Waals surface area (Å²) >= 11 is 0. The van der Waals surface area contributed by atoms with E-state index in [1.165, 1.54) is 38.5 Å². The molecule has 1 N–H and O–H groups in total. The number of sulfonamides is 1. The zero-order chi connectivity index (χ0) is 18.5. The number of ether oxygens (including phenoxy) is 1. The van der Waals surface area contributed by atoms with Gasteiger partial charge < -0.3 is 4.74 Å². The first-order valence-corrected chi connectivity index (χ1v) is 11.1. The molecule has 5 heteroatoms. The number of aryl methyl sites for hydroxylation is 1. The van der Waals surface area contributed by atoms with E-state index in [1.54, 1.807) is 19.2 Å². The van der Waals surface area contributed by atoms with Gasteiger partial charge in [0, 0.05) is 13.2 Å². The monoisotopic (exact) mass is 369 g/mol. The predicted molar refractivity (Wildman–Crippen MR) is 104 cm³/mol. The SMILES string of the molecule is CCCCCCCCCC[C@@H](COC)NS(=O)(=O)c1ccc(C)cc1. The summed E-state index contributed by atoms with van der Waals surface area (Å²) in [5, 5.41) is 0. The largest absolute Gasteiger partial charge is 0.383 e. The quantitative estimate of drug-likeness (QED) is 0.478. The summed E-state index contributed by atoms with van der Waals surface area (Å²) in [4.78, 5) is 0.315. The Hall–Kier alpha value is -0.910. The highest BCUT2D eigenvalue weighted by atomic mass is 32.2. The van der Waals surface area contributed by atoms with Crippen molar-refractivity contribution in [3.05, 3.63) is 29.8 Å². The van der Waals surface area contributed by atoms with Gasteiger partial charge in [0.05, 0.1) is 11.5 Å². The number of hydrogen-bond donors (Lipinski definition) is 1. The van der Waals surface area contributed by atoms with Crippen LogP contribution in [0.2, 0.25) is 0 Å². The molecule has 0 saturated heterocycles. The van der Waals surface area contributed by atoms with Crippen LogP contribution < -0.4 is 4.72 Å². The Balaban J connectivity index is 2.39. The molecule has 1 atom stereocenters. The molecule has 0 amide bonds. The van der Waals surface area contributed by atoms with Gasteiger partial charge in [-0.25, -0.2) is 13.1 Å². The van der Waals surface area contributed by atoms with Gasteiger partial charge in [0.25, 0.3) is 0 Å². The van der Waals surface area contributed by atoms with Crippen molar-refractivity contribution in [2.45, 2.75) is 82.6 Å². The lowest BCUT2D eigenvalue weighted by Crippen LogP contribution is -2.38. The van der Waals surface area contributed by atoms with Gasteiger partial charge in [0.15, 0.2) is 0 Å². The van der Waals surface area contributed by atoms with Gasteiger partial charge in [0.1, 0.15) is 0 Å². The highest BCUT2D eigenvalue weighted by Gasteiger charge is 2.19. The van der Waals surface area contributed by atoms with Crippen molar-refractivity contribution in [1.29, 1.82) is 0 Å². The van der Waals surface area contributed by atoms with E-state index < -0.39 is 10.0 Å². The number of methoxy groups -OCH3 is 1.